The molecule has 2 atom stereocenters. The molecule has 0 aliphatic carbocycles. The lowest BCUT2D eigenvalue weighted by Crippen LogP contribution is -2.37. The van der Waals surface area contributed by atoms with Crippen molar-refractivity contribution in [2.45, 2.75) is 77.1 Å². The lowest BCUT2D eigenvalue weighted by Gasteiger charge is -2.29. The summed E-state index contributed by atoms with van der Waals surface area (Å²) < 4.78 is 16.4. The van der Waals surface area contributed by atoms with Crippen molar-refractivity contribution in [1.29, 1.82) is 0 Å². The Hall–Kier alpha value is -2.33. The van der Waals surface area contributed by atoms with E-state index in [9.17, 15) is 19.2 Å². The van der Waals surface area contributed by atoms with Gasteiger partial charge in [0.1, 0.15) is 21.9 Å². The SMILES string of the molecule is C[C@@H]1CCCN1c1cc(C(=O)N2CCCCC2)c(C=N[S+]([O-])C(C)(C)C)c(CN(C)C(=O)O)n1. The van der Waals surface area contributed by atoms with Crippen LogP contribution in [0.25, 0.3) is 0 Å². The highest BCUT2D eigenvalue weighted by atomic mass is 32.2. The Morgan fingerprint density at radius 3 is 2.50 bits per heavy atom. The number of pyridine rings is 1. The molecule has 0 spiro atoms. The van der Waals surface area contributed by atoms with Crippen molar-refractivity contribution in [3.63, 3.8) is 0 Å². The van der Waals surface area contributed by atoms with Crippen LogP contribution in [0.15, 0.2) is 10.5 Å². The fraction of sp³-hybridized carbons (Fsp3) is 0.667. The Kier molecular flexibility index (Phi) is 8.46. The Balaban J connectivity index is 2.14. The standard InChI is InChI=1S/C24H37N5O4S/c1-17-10-9-13-29(17)21-14-18(22(30)28-11-7-6-8-12-28)19(15-25-34(33)24(2,3)4)20(26-21)16-27(5)23(31)32/h14-15,17H,6-13,16H2,1-5H3,(H,31,32)/t17-,34?/m1/s1. The van der Waals surface area contributed by atoms with E-state index in [1.807, 2.05) is 31.7 Å². The summed E-state index contributed by atoms with van der Waals surface area (Å²) in [5, 5.41) is 9.49. The van der Waals surface area contributed by atoms with Crippen LogP contribution in [0.3, 0.4) is 0 Å². The van der Waals surface area contributed by atoms with Gasteiger partial charge in [-0.05, 0) is 65.9 Å². The van der Waals surface area contributed by atoms with Gasteiger partial charge in [-0.1, -0.05) is 4.40 Å². The van der Waals surface area contributed by atoms with Gasteiger partial charge in [0.25, 0.3) is 5.91 Å². The highest BCUT2D eigenvalue weighted by Gasteiger charge is 2.30. The summed E-state index contributed by atoms with van der Waals surface area (Å²) in [7, 11) is 1.47. The van der Waals surface area contributed by atoms with Gasteiger partial charge in [-0.15, -0.1) is 0 Å². The number of nitrogens with zero attached hydrogens (tertiary/aromatic N) is 5. The van der Waals surface area contributed by atoms with Gasteiger partial charge < -0.3 is 24.4 Å². The zero-order valence-corrected chi connectivity index (χ0v) is 21.7. The number of rotatable bonds is 6. The molecular formula is C24H37N5O4S. The number of carboxylic acid groups (broad SMARTS) is 1. The van der Waals surface area contributed by atoms with Crippen LogP contribution in [0.1, 0.15) is 81.4 Å². The van der Waals surface area contributed by atoms with Gasteiger partial charge in [0.15, 0.2) is 0 Å². The number of hydrogen-bond acceptors (Lipinski definition) is 6. The summed E-state index contributed by atoms with van der Waals surface area (Å²) in [5.74, 6) is 0.561. The van der Waals surface area contributed by atoms with Crippen LogP contribution >= 0.6 is 0 Å². The highest BCUT2D eigenvalue weighted by Crippen LogP contribution is 2.29. The minimum atomic E-state index is -1.53. The number of piperidine rings is 1. The topological polar surface area (TPSA) is 112 Å². The fourth-order valence-electron chi connectivity index (χ4n) is 4.27. The maximum Gasteiger partial charge on any atom is 0.407 e. The predicted molar refractivity (Wildman–Crippen MR) is 135 cm³/mol. The molecule has 2 amide bonds. The van der Waals surface area contributed by atoms with Gasteiger partial charge >= 0.3 is 6.09 Å². The molecule has 3 rings (SSSR count). The van der Waals surface area contributed by atoms with Crippen LogP contribution in [0.5, 0.6) is 0 Å². The molecule has 10 heteroatoms. The largest absolute Gasteiger partial charge is 0.591 e. The van der Waals surface area contributed by atoms with E-state index in [-0.39, 0.29) is 18.5 Å². The maximum absolute atomic E-state index is 13.7. The molecule has 1 aromatic heterocycles. The summed E-state index contributed by atoms with van der Waals surface area (Å²) in [6, 6.07) is 2.09. The molecule has 9 nitrogen and oxygen atoms in total. The number of amides is 2. The van der Waals surface area contributed by atoms with E-state index in [0.29, 0.717) is 35.7 Å². The predicted octanol–water partition coefficient (Wildman–Crippen LogP) is 3.69. The monoisotopic (exact) mass is 491 g/mol. The second-order valence-corrected chi connectivity index (χ2v) is 12.1. The lowest BCUT2D eigenvalue weighted by molar-refractivity contribution is 0.0724. The molecule has 0 aromatic carbocycles. The van der Waals surface area contributed by atoms with E-state index in [0.717, 1.165) is 43.5 Å². The molecule has 188 valence electrons. The summed E-state index contributed by atoms with van der Waals surface area (Å²) in [4.78, 5) is 35.3. The van der Waals surface area contributed by atoms with Gasteiger partial charge in [-0.2, -0.15) is 0 Å². The van der Waals surface area contributed by atoms with E-state index < -0.39 is 22.2 Å². The first kappa shape index (κ1) is 26.3. The van der Waals surface area contributed by atoms with Crippen molar-refractivity contribution in [2.75, 3.05) is 31.6 Å². The molecule has 1 unspecified atom stereocenters. The fourth-order valence-corrected chi connectivity index (χ4v) is 4.79. The Labute approximate surface area is 205 Å². The zero-order valence-electron chi connectivity index (χ0n) is 20.9. The van der Waals surface area contributed by atoms with E-state index in [1.54, 1.807) is 0 Å². The van der Waals surface area contributed by atoms with Gasteiger partial charge in [0, 0.05) is 38.3 Å². The summed E-state index contributed by atoms with van der Waals surface area (Å²) in [5.41, 5.74) is 1.32. The summed E-state index contributed by atoms with van der Waals surface area (Å²) in [6.45, 7) is 9.82. The molecule has 0 saturated carbocycles. The van der Waals surface area contributed by atoms with Crippen molar-refractivity contribution in [1.82, 2.24) is 14.8 Å². The van der Waals surface area contributed by atoms with Gasteiger partial charge in [0.2, 0.25) is 0 Å². The zero-order chi connectivity index (χ0) is 25.0. The first-order valence-corrected chi connectivity index (χ1v) is 13.1. The molecule has 1 aromatic rings. The third-order valence-corrected chi connectivity index (χ3v) is 7.70. The summed E-state index contributed by atoms with van der Waals surface area (Å²) in [6.07, 6.45) is 5.45. The van der Waals surface area contributed by atoms with Crippen LogP contribution in [0, 0.1) is 0 Å². The number of carbonyl (C=O) groups excluding carboxylic acids is 1. The van der Waals surface area contributed by atoms with Crippen LogP contribution in [-0.4, -0.2) is 80.1 Å². The number of aromatic nitrogens is 1. The first-order valence-electron chi connectivity index (χ1n) is 12.0. The van der Waals surface area contributed by atoms with Crippen LogP contribution in [0.4, 0.5) is 10.6 Å². The number of anilines is 1. The molecule has 1 N–H and O–H groups in total. The van der Waals surface area contributed by atoms with Gasteiger partial charge in [-0.3, -0.25) is 4.79 Å². The molecular weight excluding hydrogens is 454 g/mol. The molecule has 0 bridgehead atoms. The third-order valence-electron chi connectivity index (χ3n) is 6.36. The average molecular weight is 492 g/mol. The number of carbonyl (C=O) groups is 2. The van der Waals surface area contributed by atoms with Gasteiger partial charge in [-0.25, -0.2) is 9.78 Å². The first-order chi connectivity index (χ1) is 16.0. The Bertz CT molecular complexity index is 927. The maximum atomic E-state index is 13.7. The number of hydrogen-bond donors (Lipinski definition) is 1. The third kappa shape index (κ3) is 6.21. The second kappa shape index (κ2) is 10.9. The van der Waals surface area contributed by atoms with Crippen molar-refractivity contribution in [2.24, 2.45) is 4.40 Å². The van der Waals surface area contributed by atoms with Crippen molar-refractivity contribution in [3.8, 4) is 0 Å². The van der Waals surface area contributed by atoms with Crippen LogP contribution in [-0.2, 0) is 17.9 Å². The molecule has 2 fully saturated rings. The van der Waals surface area contributed by atoms with E-state index >= 15 is 0 Å². The Morgan fingerprint density at radius 2 is 1.94 bits per heavy atom. The quantitative estimate of drug-likeness (QED) is 0.480. The molecule has 2 saturated heterocycles. The average Bonchev–Trinajstić information content (AvgIpc) is 3.22. The number of likely N-dealkylation sites (tertiary alicyclic amines) is 1. The molecule has 2 aliphatic heterocycles. The van der Waals surface area contributed by atoms with E-state index in [2.05, 4.69) is 16.2 Å². The normalized spacial score (nSPS) is 20.1. The van der Waals surface area contributed by atoms with Crippen LogP contribution in [0.2, 0.25) is 0 Å². The van der Waals surface area contributed by atoms with E-state index in [4.69, 9.17) is 4.98 Å². The smallest absolute Gasteiger partial charge is 0.407 e. The molecule has 34 heavy (non-hydrogen) atoms. The van der Waals surface area contributed by atoms with Gasteiger partial charge in [0.05, 0.1) is 24.0 Å². The highest BCUT2D eigenvalue weighted by molar-refractivity contribution is 7.91. The molecule has 2 aliphatic rings. The Morgan fingerprint density at radius 1 is 1.26 bits per heavy atom. The second-order valence-electron chi connectivity index (χ2n) is 10.2. The minimum Gasteiger partial charge on any atom is -0.591 e. The minimum absolute atomic E-state index is 0.00478. The molecule has 0 radical (unpaired) electrons. The van der Waals surface area contributed by atoms with Crippen molar-refractivity contribution >= 4 is 35.4 Å². The van der Waals surface area contributed by atoms with Crippen molar-refractivity contribution in [3.05, 3.63) is 22.9 Å². The van der Waals surface area contributed by atoms with Crippen molar-refractivity contribution < 1.29 is 19.2 Å². The summed E-state index contributed by atoms with van der Waals surface area (Å²) >= 11 is -1.53. The lowest BCUT2D eigenvalue weighted by atomic mass is 10.0. The van der Waals surface area contributed by atoms with Crippen LogP contribution < -0.4 is 4.90 Å². The molecule has 3 heterocycles. The van der Waals surface area contributed by atoms with E-state index in [1.165, 1.54) is 13.3 Å².